The summed E-state index contributed by atoms with van der Waals surface area (Å²) in [7, 11) is 2.15. The molecule has 1 unspecified atom stereocenters. The van der Waals surface area contributed by atoms with Gasteiger partial charge in [-0.3, -0.25) is 0 Å². The zero-order chi connectivity index (χ0) is 12.5. The standard InChI is InChI=1S/C14H20N2O2/c1-16-11(4-5-15)3-2-10-8-13-14(9-12(10)16)18-7-6-17-13/h8-9,11H,2-7,15H2,1H3. The van der Waals surface area contributed by atoms with Crippen molar-refractivity contribution < 1.29 is 9.47 Å². The van der Waals surface area contributed by atoms with Crippen molar-refractivity contribution in [3.8, 4) is 11.5 Å². The number of hydrogen-bond acceptors (Lipinski definition) is 4. The van der Waals surface area contributed by atoms with Crippen molar-refractivity contribution in [2.24, 2.45) is 5.73 Å². The number of rotatable bonds is 2. The fourth-order valence-electron chi connectivity index (χ4n) is 2.89. The Morgan fingerprint density at radius 3 is 2.72 bits per heavy atom. The van der Waals surface area contributed by atoms with E-state index < -0.39 is 0 Å². The highest BCUT2D eigenvalue weighted by Gasteiger charge is 2.25. The monoisotopic (exact) mass is 248 g/mol. The van der Waals surface area contributed by atoms with Gasteiger partial charge in [-0.1, -0.05) is 0 Å². The van der Waals surface area contributed by atoms with Gasteiger partial charge in [0.1, 0.15) is 13.2 Å². The second kappa shape index (κ2) is 4.69. The van der Waals surface area contributed by atoms with Crippen LogP contribution >= 0.6 is 0 Å². The zero-order valence-corrected chi connectivity index (χ0v) is 10.8. The van der Waals surface area contributed by atoms with Crippen LogP contribution in [-0.2, 0) is 6.42 Å². The highest BCUT2D eigenvalue weighted by molar-refractivity contribution is 5.63. The van der Waals surface area contributed by atoms with E-state index in [1.54, 1.807) is 0 Å². The van der Waals surface area contributed by atoms with Gasteiger partial charge in [-0.15, -0.1) is 0 Å². The lowest BCUT2D eigenvalue weighted by molar-refractivity contribution is 0.171. The van der Waals surface area contributed by atoms with E-state index in [1.807, 2.05) is 0 Å². The first-order valence-electron chi connectivity index (χ1n) is 6.65. The van der Waals surface area contributed by atoms with Crippen molar-refractivity contribution in [1.29, 1.82) is 0 Å². The predicted octanol–water partition coefficient (Wildman–Crippen LogP) is 1.56. The van der Waals surface area contributed by atoms with E-state index in [2.05, 4.69) is 24.1 Å². The topological polar surface area (TPSA) is 47.7 Å². The zero-order valence-electron chi connectivity index (χ0n) is 10.8. The maximum absolute atomic E-state index is 5.68. The van der Waals surface area contributed by atoms with Crippen molar-refractivity contribution >= 4 is 5.69 Å². The summed E-state index contributed by atoms with van der Waals surface area (Å²) in [4.78, 5) is 2.34. The van der Waals surface area contributed by atoms with Crippen molar-refractivity contribution in [3.63, 3.8) is 0 Å². The fraction of sp³-hybridized carbons (Fsp3) is 0.571. The number of fused-ring (bicyclic) bond motifs is 2. The summed E-state index contributed by atoms with van der Waals surface area (Å²) in [5.74, 6) is 1.77. The second-order valence-corrected chi connectivity index (χ2v) is 5.01. The summed E-state index contributed by atoms with van der Waals surface area (Å²) in [6, 6.07) is 4.80. The first-order valence-corrected chi connectivity index (χ1v) is 6.65. The van der Waals surface area contributed by atoms with Gasteiger partial charge in [0.2, 0.25) is 0 Å². The Labute approximate surface area is 108 Å². The summed E-state index contributed by atoms with van der Waals surface area (Å²) >= 11 is 0. The Morgan fingerprint density at radius 1 is 1.28 bits per heavy atom. The van der Waals surface area contributed by atoms with E-state index in [1.165, 1.54) is 17.7 Å². The number of hydrogen-bond donors (Lipinski definition) is 1. The largest absolute Gasteiger partial charge is 0.486 e. The highest BCUT2D eigenvalue weighted by atomic mass is 16.6. The van der Waals surface area contributed by atoms with Crippen molar-refractivity contribution in [1.82, 2.24) is 0 Å². The maximum Gasteiger partial charge on any atom is 0.163 e. The minimum atomic E-state index is 0.546. The normalized spacial score (nSPS) is 21.7. The van der Waals surface area contributed by atoms with Gasteiger partial charge in [0.15, 0.2) is 11.5 Å². The Hall–Kier alpha value is -1.42. The predicted molar refractivity (Wildman–Crippen MR) is 71.6 cm³/mol. The van der Waals surface area contributed by atoms with Gasteiger partial charge in [0.25, 0.3) is 0 Å². The average Bonchev–Trinajstić information content (AvgIpc) is 2.41. The Kier molecular flexibility index (Phi) is 3.04. The van der Waals surface area contributed by atoms with Gasteiger partial charge in [0.05, 0.1) is 0 Å². The Morgan fingerprint density at radius 2 is 2.00 bits per heavy atom. The molecule has 0 amide bonds. The molecule has 2 aliphatic rings. The molecule has 0 fully saturated rings. The smallest absolute Gasteiger partial charge is 0.163 e. The van der Waals surface area contributed by atoms with Gasteiger partial charge >= 0.3 is 0 Å². The van der Waals surface area contributed by atoms with Crippen molar-refractivity contribution in [2.75, 3.05) is 31.7 Å². The lowest BCUT2D eigenvalue weighted by Crippen LogP contribution is -2.37. The molecule has 0 aromatic heterocycles. The van der Waals surface area contributed by atoms with E-state index in [4.69, 9.17) is 15.2 Å². The molecular formula is C14H20N2O2. The quantitative estimate of drug-likeness (QED) is 0.863. The van der Waals surface area contributed by atoms with Crippen LogP contribution in [0.2, 0.25) is 0 Å². The number of nitrogens with two attached hydrogens (primary N) is 1. The third kappa shape index (κ3) is 1.90. The number of nitrogens with zero attached hydrogens (tertiary/aromatic N) is 1. The van der Waals surface area contributed by atoms with Crippen molar-refractivity contribution in [3.05, 3.63) is 17.7 Å². The highest BCUT2D eigenvalue weighted by Crippen LogP contribution is 2.40. The van der Waals surface area contributed by atoms with Gasteiger partial charge in [-0.05, 0) is 37.4 Å². The summed E-state index contributed by atoms with van der Waals surface area (Å²) in [5.41, 5.74) is 8.31. The Bertz CT molecular complexity index is 448. The fourth-order valence-corrected chi connectivity index (χ4v) is 2.89. The number of aryl methyl sites for hydroxylation is 1. The molecule has 1 aromatic rings. The third-order valence-electron chi connectivity index (χ3n) is 3.92. The van der Waals surface area contributed by atoms with Crippen LogP contribution in [0, 0.1) is 0 Å². The van der Waals surface area contributed by atoms with Crippen LogP contribution in [0.4, 0.5) is 5.69 Å². The first-order chi connectivity index (χ1) is 8.79. The van der Waals surface area contributed by atoms with Crippen LogP contribution in [0.1, 0.15) is 18.4 Å². The van der Waals surface area contributed by atoms with Gasteiger partial charge in [0, 0.05) is 24.8 Å². The lowest BCUT2D eigenvalue weighted by Gasteiger charge is -2.37. The Balaban J connectivity index is 1.94. The van der Waals surface area contributed by atoms with Crippen LogP contribution in [0.25, 0.3) is 0 Å². The molecule has 0 radical (unpaired) electrons. The molecule has 4 nitrogen and oxygen atoms in total. The van der Waals surface area contributed by atoms with Crippen LogP contribution in [0.3, 0.4) is 0 Å². The lowest BCUT2D eigenvalue weighted by atomic mass is 9.94. The van der Waals surface area contributed by atoms with Crippen LogP contribution in [0.5, 0.6) is 11.5 Å². The molecule has 1 aromatic carbocycles. The minimum Gasteiger partial charge on any atom is -0.486 e. The minimum absolute atomic E-state index is 0.546. The number of ether oxygens (including phenoxy) is 2. The van der Waals surface area contributed by atoms with Gasteiger partial charge in [-0.2, -0.15) is 0 Å². The van der Waals surface area contributed by atoms with Crippen LogP contribution in [0.15, 0.2) is 12.1 Å². The number of anilines is 1. The third-order valence-corrected chi connectivity index (χ3v) is 3.92. The van der Waals surface area contributed by atoms with E-state index >= 15 is 0 Å². The summed E-state index contributed by atoms with van der Waals surface area (Å²) in [6.07, 6.45) is 3.31. The summed E-state index contributed by atoms with van der Waals surface area (Å²) in [5, 5.41) is 0. The molecule has 2 aliphatic heterocycles. The molecule has 18 heavy (non-hydrogen) atoms. The molecule has 0 saturated heterocycles. The molecule has 2 heterocycles. The molecule has 0 spiro atoms. The van der Waals surface area contributed by atoms with E-state index in [0.717, 1.165) is 30.9 Å². The first kappa shape index (κ1) is 11.7. The van der Waals surface area contributed by atoms with E-state index in [0.29, 0.717) is 19.3 Å². The van der Waals surface area contributed by atoms with E-state index in [-0.39, 0.29) is 0 Å². The van der Waals surface area contributed by atoms with Gasteiger partial charge < -0.3 is 20.1 Å². The van der Waals surface area contributed by atoms with Gasteiger partial charge in [-0.25, -0.2) is 0 Å². The number of benzene rings is 1. The van der Waals surface area contributed by atoms with Crippen LogP contribution < -0.4 is 20.1 Å². The molecule has 0 aliphatic carbocycles. The molecule has 0 bridgehead atoms. The molecule has 0 saturated carbocycles. The van der Waals surface area contributed by atoms with Crippen molar-refractivity contribution in [2.45, 2.75) is 25.3 Å². The summed E-state index contributed by atoms with van der Waals surface area (Å²) < 4.78 is 11.3. The molecule has 2 N–H and O–H groups in total. The molecule has 98 valence electrons. The molecular weight excluding hydrogens is 228 g/mol. The van der Waals surface area contributed by atoms with Crippen LogP contribution in [-0.4, -0.2) is 32.8 Å². The molecule has 4 heteroatoms. The molecule has 3 rings (SSSR count). The summed E-state index contributed by atoms with van der Waals surface area (Å²) in [6.45, 7) is 2.04. The average molecular weight is 248 g/mol. The SMILES string of the molecule is CN1c2cc3c(cc2CCC1CCN)OCCO3. The molecule has 1 atom stereocenters. The maximum atomic E-state index is 5.68. The second-order valence-electron chi connectivity index (χ2n) is 5.01. The van der Waals surface area contributed by atoms with E-state index in [9.17, 15) is 0 Å².